The van der Waals surface area contributed by atoms with Crippen molar-refractivity contribution in [1.82, 2.24) is 14.9 Å². The second-order valence-corrected chi connectivity index (χ2v) is 5.05. The van der Waals surface area contributed by atoms with Gasteiger partial charge in [0.15, 0.2) is 0 Å². The molecule has 0 unspecified atom stereocenters. The zero-order chi connectivity index (χ0) is 14.5. The Bertz CT molecular complexity index is 721. The van der Waals surface area contributed by atoms with E-state index in [9.17, 15) is 4.39 Å². The van der Waals surface area contributed by atoms with Crippen LogP contribution < -0.4 is 5.32 Å². The molecule has 0 spiro atoms. The van der Waals surface area contributed by atoms with Gasteiger partial charge in [-0.3, -0.25) is 0 Å². The van der Waals surface area contributed by atoms with E-state index in [0.29, 0.717) is 12.1 Å². The smallest absolute Gasteiger partial charge is 0.127 e. The fourth-order valence-corrected chi connectivity index (χ4v) is 2.43. The minimum absolute atomic E-state index is 0.148. The van der Waals surface area contributed by atoms with E-state index in [1.54, 1.807) is 6.07 Å². The Kier molecular flexibility index (Phi) is 4.26. The molecule has 0 amide bonds. The van der Waals surface area contributed by atoms with Gasteiger partial charge in [-0.05, 0) is 31.2 Å². The van der Waals surface area contributed by atoms with Crippen LogP contribution in [0.5, 0.6) is 0 Å². The standard InChI is InChI=1S/C17H18FN3/c18-15-7-2-1-6-14(15)12-19-10-5-11-21-13-20-16-8-3-4-9-17(16)21/h1-4,6-9,13,19H,5,10-12H2. The maximum Gasteiger partial charge on any atom is 0.127 e. The highest BCUT2D eigenvalue weighted by Gasteiger charge is 2.02. The Morgan fingerprint density at radius 1 is 1.05 bits per heavy atom. The van der Waals surface area contributed by atoms with Crippen LogP contribution in [-0.2, 0) is 13.1 Å². The lowest BCUT2D eigenvalue weighted by Gasteiger charge is -2.07. The first-order valence-corrected chi connectivity index (χ1v) is 7.18. The molecule has 21 heavy (non-hydrogen) atoms. The van der Waals surface area contributed by atoms with Gasteiger partial charge >= 0.3 is 0 Å². The van der Waals surface area contributed by atoms with Crippen molar-refractivity contribution in [2.45, 2.75) is 19.5 Å². The van der Waals surface area contributed by atoms with Gasteiger partial charge in [0.05, 0.1) is 17.4 Å². The molecular weight excluding hydrogens is 265 g/mol. The molecule has 1 aromatic heterocycles. The van der Waals surface area contributed by atoms with Crippen LogP contribution in [0.4, 0.5) is 4.39 Å². The molecule has 0 aliphatic heterocycles. The van der Waals surface area contributed by atoms with Crippen LogP contribution in [-0.4, -0.2) is 16.1 Å². The summed E-state index contributed by atoms with van der Waals surface area (Å²) < 4.78 is 15.6. The molecule has 0 aliphatic carbocycles. The van der Waals surface area contributed by atoms with Gasteiger partial charge in [-0.15, -0.1) is 0 Å². The third kappa shape index (κ3) is 3.28. The molecule has 0 saturated heterocycles. The first-order chi connectivity index (χ1) is 10.3. The minimum atomic E-state index is -0.148. The van der Waals surface area contributed by atoms with E-state index in [-0.39, 0.29) is 5.82 Å². The number of imidazole rings is 1. The van der Waals surface area contributed by atoms with Crippen molar-refractivity contribution >= 4 is 11.0 Å². The largest absolute Gasteiger partial charge is 0.331 e. The highest BCUT2D eigenvalue weighted by Crippen LogP contribution is 2.12. The monoisotopic (exact) mass is 283 g/mol. The van der Waals surface area contributed by atoms with E-state index in [4.69, 9.17) is 0 Å². The van der Waals surface area contributed by atoms with Crippen LogP contribution in [0, 0.1) is 5.82 Å². The minimum Gasteiger partial charge on any atom is -0.331 e. The predicted molar refractivity (Wildman–Crippen MR) is 82.5 cm³/mol. The molecule has 0 radical (unpaired) electrons. The first-order valence-electron chi connectivity index (χ1n) is 7.18. The lowest BCUT2D eigenvalue weighted by atomic mass is 10.2. The summed E-state index contributed by atoms with van der Waals surface area (Å²) in [6.45, 7) is 2.32. The summed E-state index contributed by atoms with van der Waals surface area (Å²) in [6, 6.07) is 15.0. The van der Waals surface area contributed by atoms with Crippen molar-refractivity contribution in [2.75, 3.05) is 6.54 Å². The van der Waals surface area contributed by atoms with Gasteiger partial charge in [0.25, 0.3) is 0 Å². The lowest BCUT2D eigenvalue weighted by Crippen LogP contribution is -2.17. The van der Waals surface area contributed by atoms with Crippen LogP contribution >= 0.6 is 0 Å². The SMILES string of the molecule is Fc1ccccc1CNCCCn1cnc2ccccc21. The van der Waals surface area contributed by atoms with Gasteiger partial charge < -0.3 is 9.88 Å². The number of benzene rings is 2. The summed E-state index contributed by atoms with van der Waals surface area (Å²) in [5.41, 5.74) is 2.90. The van der Waals surface area contributed by atoms with E-state index < -0.39 is 0 Å². The maximum absolute atomic E-state index is 13.4. The van der Waals surface area contributed by atoms with Gasteiger partial charge in [0, 0.05) is 18.7 Å². The summed E-state index contributed by atoms with van der Waals surface area (Å²) in [7, 11) is 0. The summed E-state index contributed by atoms with van der Waals surface area (Å²) in [5.74, 6) is -0.148. The number of halogens is 1. The molecule has 0 fully saturated rings. The fourth-order valence-electron chi connectivity index (χ4n) is 2.43. The summed E-state index contributed by atoms with van der Waals surface area (Å²) in [5, 5.41) is 3.28. The molecule has 2 aromatic carbocycles. The van der Waals surface area contributed by atoms with Gasteiger partial charge in [-0.2, -0.15) is 0 Å². The van der Waals surface area contributed by atoms with Crippen LogP contribution in [0.15, 0.2) is 54.9 Å². The average molecular weight is 283 g/mol. The molecule has 1 heterocycles. The fraction of sp³-hybridized carbons (Fsp3) is 0.235. The van der Waals surface area contributed by atoms with Crippen LogP contribution in [0.1, 0.15) is 12.0 Å². The Morgan fingerprint density at radius 3 is 2.76 bits per heavy atom. The zero-order valence-corrected chi connectivity index (χ0v) is 11.8. The number of aryl methyl sites for hydroxylation is 1. The van der Waals surface area contributed by atoms with Crippen molar-refractivity contribution in [2.24, 2.45) is 0 Å². The molecule has 3 nitrogen and oxygen atoms in total. The van der Waals surface area contributed by atoms with E-state index in [0.717, 1.165) is 30.5 Å². The summed E-state index contributed by atoms with van der Waals surface area (Å²) >= 11 is 0. The number of hydrogen-bond donors (Lipinski definition) is 1. The lowest BCUT2D eigenvalue weighted by molar-refractivity contribution is 0.562. The van der Waals surface area contributed by atoms with Gasteiger partial charge in [0.2, 0.25) is 0 Å². The van der Waals surface area contributed by atoms with Crippen LogP contribution in [0.3, 0.4) is 0 Å². The Labute approximate surface area is 123 Å². The second-order valence-electron chi connectivity index (χ2n) is 5.05. The van der Waals surface area contributed by atoms with Crippen molar-refractivity contribution in [3.63, 3.8) is 0 Å². The van der Waals surface area contributed by atoms with E-state index in [2.05, 4.69) is 20.9 Å². The molecule has 3 aromatic rings. The number of aromatic nitrogens is 2. The van der Waals surface area contributed by atoms with E-state index in [1.807, 2.05) is 36.7 Å². The zero-order valence-electron chi connectivity index (χ0n) is 11.8. The van der Waals surface area contributed by atoms with Crippen LogP contribution in [0.25, 0.3) is 11.0 Å². The molecule has 0 aliphatic rings. The number of rotatable bonds is 6. The number of nitrogens with zero attached hydrogens (tertiary/aromatic N) is 2. The Balaban J connectivity index is 1.47. The van der Waals surface area contributed by atoms with Crippen molar-refractivity contribution in [3.05, 3.63) is 66.2 Å². The molecule has 1 N–H and O–H groups in total. The summed E-state index contributed by atoms with van der Waals surface area (Å²) in [6.07, 6.45) is 2.86. The number of fused-ring (bicyclic) bond motifs is 1. The predicted octanol–water partition coefficient (Wildman–Crippen LogP) is 3.36. The quantitative estimate of drug-likeness (QED) is 0.703. The van der Waals surface area contributed by atoms with Crippen molar-refractivity contribution in [3.8, 4) is 0 Å². The van der Waals surface area contributed by atoms with Gasteiger partial charge in [-0.1, -0.05) is 30.3 Å². The van der Waals surface area contributed by atoms with Crippen molar-refractivity contribution < 1.29 is 4.39 Å². The highest BCUT2D eigenvalue weighted by molar-refractivity contribution is 5.74. The molecule has 0 bridgehead atoms. The number of hydrogen-bond acceptors (Lipinski definition) is 2. The van der Waals surface area contributed by atoms with Crippen molar-refractivity contribution in [1.29, 1.82) is 0 Å². The van der Waals surface area contributed by atoms with E-state index in [1.165, 1.54) is 6.07 Å². The third-order valence-corrected chi connectivity index (χ3v) is 3.55. The molecule has 0 atom stereocenters. The maximum atomic E-state index is 13.4. The van der Waals surface area contributed by atoms with Gasteiger partial charge in [-0.25, -0.2) is 9.37 Å². The highest BCUT2D eigenvalue weighted by atomic mass is 19.1. The number of para-hydroxylation sites is 2. The number of nitrogens with one attached hydrogen (secondary N) is 1. The molecule has 108 valence electrons. The molecule has 4 heteroatoms. The molecule has 3 rings (SSSR count). The molecular formula is C17H18FN3. The molecule has 0 saturated carbocycles. The van der Waals surface area contributed by atoms with Gasteiger partial charge in [0.1, 0.15) is 5.82 Å². The van der Waals surface area contributed by atoms with E-state index >= 15 is 0 Å². The second kappa shape index (κ2) is 6.50. The topological polar surface area (TPSA) is 29.9 Å². The first kappa shape index (κ1) is 13.8. The Morgan fingerprint density at radius 2 is 1.86 bits per heavy atom. The average Bonchev–Trinajstić information content (AvgIpc) is 2.92. The summed E-state index contributed by atoms with van der Waals surface area (Å²) in [4.78, 5) is 4.37. The Hall–Kier alpha value is -2.20. The third-order valence-electron chi connectivity index (χ3n) is 3.55. The normalized spacial score (nSPS) is 11.1. The van der Waals surface area contributed by atoms with Crippen LogP contribution in [0.2, 0.25) is 0 Å².